The highest BCUT2D eigenvalue weighted by atomic mass is 16.7. The molecule has 3 aliphatic rings. The third kappa shape index (κ3) is 3.27. The highest BCUT2D eigenvalue weighted by Gasteiger charge is 2.40. The molecule has 0 radical (unpaired) electrons. The highest BCUT2D eigenvalue weighted by molar-refractivity contribution is 6.01. The fourth-order valence-electron chi connectivity index (χ4n) is 5.20. The molecular formula is C27H24N2O5. The summed E-state index contributed by atoms with van der Waals surface area (Å²) >= 11 is 0. The van der Waals surface area contributed by atoms with E-state index in [1.807, 2.05) is 48.5 Å². The molecule has 1 aromatic heterocycles. The molecule has 0 fully saturated rings. The van der Waals surface area contributed by atoms with Crippen LogP contribution in [0.1, 0.15) is 41.5 Å². The van der Waals surface area contributed by atoms with Gasteiger partial charge in [-0.1, -0.05) is 12.1 Å². The first-order valence-corrected chi connectivity index (χ1v) is 11.3. The number of aromatic nitrogens is 1. The quantitative estimate of drug-likeness (QED) is 0.605. The van der Waals surface area contributed by atoms with Crippen molar-refractivity contribution in [1.82, 2.24) is 4.98 Å². The van der Waals surface area contributed by atoms with Gasteiger partial charge in [-0.25, -0.2) is 0 Å². The molecule has 3 heterocycles. The van der Waals surface area contributed by atoms with Crippen LogP contribution in [0.15, 0.2) is 66.0 Å². The van der Waals surface area contributed by atoms with Gasteiger partial charge in [0.05, 0.1) is 25.8 Å². The SMILES string of the molecule is COc1ccc([C@H]2CC(=O)C3=C(C2)Nc2cc4c(cc2[C@H]3c2ccccn2)OCO4)cc1OC. The third-order valence-electron chi connectivity index (χ3n) is 6.80. The van der Waals surface area contributed by atoms with Crippen molar-refractivity contribution in [3.05, 3.63) is 82.8 Å². The number of pyridine rings is 1. The molecule has 2 aliphatic heterocycles. The lowest BCUT2D eigenvalue weighted by molar-refractivity contribution is -0.116. The van der Waals surface area contributed by atoms with Gasteiger partial charge in [0.2, 0.25) is 6.79 Å². The molecule has 172 valence electrons. The fourth-order valence-corrected chi connectivity index (χ4v) is 5.20. The maximum Gasteiger partial charge on any atom is 0.231 e. The van der Waals surface area contributed by atoms with Crippen molar-refractivity contribution in [1.29, 1.82) is 0 Å². The van der Waals surface area contributed by atoms with Crippen LogP contribution < -0.4 is 24.3 Å². The van der Waals surface area contributed by atoms with E-state index in [2.05, 4.69) is 10.3 Å². The number of allylic oxidation sites excluding steroid dienone is 2. The minimum atomic E-state index is -0.263. The molecule has 1 aliphatic carbocycles. The number of carbonyl (C=O) groups is 1. The van der Waals surface area contributed by atoms with Crippen molar-refractivity contribution in [2.75, 3.05) is 26.3 Å². The van der Waals surface area contributed by atoms with Crippen molar-refractivity contribution in [3.63, 3.8) is 0 Å². The van der Waals surface area contributed by atoms with Crippen molar-refractivity contribution in [2.45, 2.75) is 24.7 Å². The average Bonchev–Trinajstić information content (AvgIpc) is 3.33. The number of carbonyl (C=O) groups excluding carboxylic acids is 1. The van der Waals surface area contributed by atoms with Gasteiger partial charge in [-0.05, 0) is 53.8 Å². The van der Waals surface area contributed by atoms with Crippen molar-refractivity contribution < 1.29 is 23.7 Å². The average molecular weight is 456 g/mol. The lowest BCUT2D eigenvalue weighted by Gasteiger charge is -2.36. The normalized spacial score (nSPS) is 20.4. The monoisotopic (exact) mass is 456 g/mol. The molecule has 0 saturated heterocycles. The van der Waals surface area contributed by atoms with Gasteiger partial charge in [0.15, 0.2) is 28.8 Å². The topological polar surface area (TPSA) is 78.9 Å². The Kier molecular flexibility index (Phi) is 4.90. The Labute approximate surface area is 197 Å². The molecule has 0 bridgehead atoms. The predicted molar refractivity (Wildman–Crippen MR) is 126 cm³/mol. The van der Waals surface area contributed by atoms with Crippen LogP contribution in [-0.4, -0.2) is 31.8 Å². The smallest absolute Gasteiger partial charge is 0.231 e. The van der Waals surface area contributed by atoms with Crippen LogP contribution in [0.25, 0.3) is 0 Å². The molecule has 6 rings (SSSR count). The number of Topliss-reactive ketones (excluding diaryl/α,β-unsaturated/α-hetero) is 1. The van der Waals surface area contributed by atoms with Crippen molar-refractivity contribution in [3.8, 4) is 23.0 Å². The van der Waals surface area contributed by atoms with E-state index in [1.165, 1.54) is 0 Å². The molecule has 0 amide bonds. The maximum atomic E-state index is 13.7. The molecule has 34 heavy (non-hydrogen) atoms. The summed E-state index contributed by atoms with van der Waals surface area (Å²) in [5.41, 5.74) is 5.48. The molecule has 7 heteroatoms. The maximum absolute atomic E-state index is 13.7. The Morgan fingerprint density at radius 1 is 0.971 bits per heavy atom. The van der Waals surface area contributed by atoms with Gasteiger partial charge >= 0.3 is 0 Å². The summed E-state index contributed by atoms with van der Waals surface area (Å²) in [7, 11) is 3.24. The first kappa shape index (κ1) is 20.6. The molecule has 3 aromatic rings. The molecule has 0 spiro atoms. The third-order valence-corrected chi connectivity index (χ3v) is 6.80. The Bertz CT molecular complexity index is 1320. The summed E-state index contributed by atoms with van der Waals surface area (Å²) in [4.78, 5) is 18.3. The Hall–Kier alpha value is -4.00. The largest absolute Gasteiger partial charge is 0.493 e. The van der Waals surface area contributed by atoms with Crippen LogP contribution in [0.2, 0.25) is 0 Å². The van der Waals surface area contributed by atoms with Crippen LogP contribution in [0.4, 0.5) is 5.69 Å². The number of ketones is 1. The van der Waals surface area contributed by atoms with E-state index in [4.69, 9.17) is 18.9 Å². The molecule has 0 saturated carbocycles. The number of methoxy groups -OCH3 is 2. The van der Waals surface area contributed by atoms with E-state index < -0.39 is 0 Å². The summed E-state index contributed by atoms with van der Waals surface area (Å²) in [5, 5.41) is 3.55. The van der Waals surface area contributed by atoms with Crippen LogP contribution in [0.5, 0.6) is 23.0 Å². The minimum absolute atomic E-state index is 0.0264. The van der Waals surface area contributed by atoms with Crippen LogP contribution in [0.3, 0.4) is 0 Å². The lowest BCUT2D eigenvalue weighted by Crippen LogP contribution is -2.30. The standard InChI is InChI=1S/C27H24N2O5/c1-31-22-7-6-15(11-23(22)32-2)16-9-20-27(21(30)10-16)26(18-5-3-4-8-28-18)17-12-24-25(34-14-33-24)13-19(17)29-20/h3-8,11-13,16,26,29H,9-10,14H2,1-2H3/t16-,26+/m1/s1. The van der Waals surface area contributed by atoms with Crippen LogP contribution in [-0.2, 0) is 4.79 Å². The van der Waals surface area contributed by atoms with E-state index in [1.54, 1.807) is 20.4 Å². The predicted octanol–water partition coefficient (Wildman–Crippen LogP) is 4.79. The molecule has 7 nitrogen and oxygen atoms in total. The minimum Gasteiger partial charge on any atom is -0.493 e. The number of fused-ring (bicyclic) bond motifs is 2. The molecular weight excluding hydrogens is 432 g/mol. The number of hydrogen-bond donors (Lipinski definition) is 1. The van der Waals surface area contributed by atoms with E-state index in [0.717, 1.165) is 33.8 Å². The Morgan fingerprint density at radius 2 is 1.79 bits per heavy atom. The zero-order valence-corrected chi connectivity index (χ0v) is 19.0. The van der Waals surface area contributed by atoms with E-state index >= 15 is 0 Å². The summed E-state index contributed by atoms with van der Waals surface area (Å²) in [6, 6.07) is 15.6. The van der Waals surface area contributed by atoms with Gasteiger partial charge in [-0.3, -0.25) is 9.78 Å². The van der Waals surface area contributed by atoms with Gasteiger partial charge in [0, 0.05) is 35.6 Å². The summed E-state index contributed by atoms with van der Waals surface area (Å²) in [6.07, 6.45) is 2.89. The number of rotatable bonds is 4. The summed E-state index contributed by atoms with van der Waals surface area (Å²) in [5.74, 6) is 2.61. The number of nitrogens with zero attached hydrogens (tertiary/aromatic N) is 1. The number of ether oxygens (including phenoxy) is 4. The zero-order valence-electron chi connectivity index (χ0n) is 19.0. The van der Waals surface area contributed by atoms with Gasteiger partial charge in [0.25, 0.3) is 0 Å². The fraction of sp³-hybridized carbons (Fsp3) is 0.259. The van der Waals surface area contributed by atoms with Gasteiger partial charge < -0.3 is 24.3 Å². The second-order valence-corrected chi connectivity index (χ2v) is 8.64. The Morgan fingerprint density at radius 3 is 2.56 bits per heavy atom. The van der Waals surface area contributed by atoms with E-state index in [-0.39, 0.29) is 24.4 Å². The van der Waals surface area contributed by atoms with Gasteiger partial charge in [0.1, 0.15) is 0 Å². The zero-order chi connectivity index (χ0) is 23.2. The van der Waals surface area contributed by atoms with E-state index in [9.17, 15) is 4.79 Å². The molecule has 2 aromatic carbocycles. The molecule has 2 atom stereocenters. The van der Waals surface area contributed by atoms with Crippen molar-refractivity contribution >= 4 is 11.5 Å². The second-order valence-electron chi connectivity index (χ2n) is 8.64. The van der Waals surface area contributed by atoms with E-state index in [0.29, 0.717) is 35.8 Å². The lowest BCUT2D eigenvalue weighted by atomic mass is 9.73. The summed E-state index contributed by atoms with van der Waals surface area (Å²) < 4.78 is 22.1. The second kappa shape index (κ2) is 8.09. The number of benzene rings is 2. The van der Waals surface area contributed by atoms with Crippen molar-refractivity contribution in [2.24, 2.45) is 0 Å². The first-order chi connectivity index (χ1) is 16.7. The summed E-state index contributed by atoms with van der Waals surface area (Å²) in [6.45, 7) is 0.194. The number of hydrogen-bond acceptors (Lipinski definition) is 7. The van der Waals surface area contributed by atoms with Gasteiger partial charge in [-0.2, -0.15) is 0 Å². The van der Waals surface area contributed by atoms with Crippen LogP contribution in [0, 0.1) is 0 Å². The van der Waals surface area contributed by atoms with Crippen LogP contribution >= 0.6 is 0 Å². The van der Waals surface area contributed by atoms with Gasteiger partial charge in [-0.15, -0.1) is 0 Å². The first-order valence-electron chi connectivity index (χ1n) is 11.3. The molecule has 0 unspecified atom stereocenters. The molecule has 1 N–H and O–H groups in total. The Balaban J connectivity index is 1.44. The highest BCUT2D eigenvalue weighted by Crippen LogP contribution is 2.51. The number of nitrogens with one attached hydrogen (secondary N) is 1. The number of anilines is 1.